The molecule has 10 nitrogen and oxygen atoms in total. The van der Waals surface area contributed by atoms with Gasteiger partial charge in [-0.15, -0.1) is 0 Å². The maximum absolute atomic E-state index is 12.0. The van der Waals surface area contributed by atoms with Crippen molar-refractivity contribution in [1.29, 1.82) is 0 Å². The number of rotatable bonds is 11. The molecule has 6 N–H and O–H groups in total. The van der Waals surface area contributed by atoms with Crippen molar-refractivity contribution in [1.82, 2.24) is 21.3 Å². The predicted molar refractivity (Wildman–Crippen MR) is 129 cm³/mol. The van der Waals surface area contributed by atoms with Crippen molar-refractivity contribution in [2.45, 2.75) is 68.7 Å². The van der Waals surface area contributed by atoms with E-state index < -0.39 is 11.8 Å². The van der Waals surface area contributed by atoms with Crippen LogP contribution in [0, 0.1) is 0 Å². The lowest BCUT2D eigenvalue weighted by Gasteiger charge is -2.16. The molecule has 0 aromatic heterocycles. The molecule has 1 aromatic rings. The number of hydrogen-bond donors (Lipinski definition) is 5. The molecule has 34 heavy (non-hydrogen) atoms. The van der Waals surface area contributed by atoms with Crippen LogP contribution in [0.1, 0.15) is 61.7 Å². The quantitative estimate of drug-likeness (QED) is 0.179. The molecule has 2 aliphatic rings. The molecule has 6 amide bonds. The fourth-order valence-corrected chi connectivity index (χ4v) is 5.57. The number of urea groups is 1. The van der Waals surface area contributed by atoms with Crippen LogP contribution in [0.15, 0.2) is 24.3 Å². The Morgan fingerprint density at radius 2 is 1.47 bits per heavy atom. The van der Waals surface area contributed by atoms with Gasteiger partial charge in [0, 0.05) is 41.5 Å². The molecule has 0 spiro atoms. The van der Waals surface area contributed by atoms with Crippen LogP contribution in [0.5, 0.6) is 0 Å². The third kappa shape index (κ3) is 7.75. The Morgan fingerprint density at radius 1 is 0.882 bits per heavy atom. The van der Waals surface area contributed by atoms with Gasteiger partial charge in [0.2, 0.25) is 17.7 Å². The molecular formula is C23H31N5O5S. The summed E-state index contributed by atoms with van der Waals surface area (Å²) in [5.74, 6) is -0.673. The normalized spacial score (nSPS) is 20.7. The summed E-state index contributed by atoms with van der Waals surface area (Å²) in [6, 6.07) is 6.48. The molecule has 3 rings (SSSR count). The van der Waals surface area contributed by atoms with Gasteiger partial charge in [-0.05, 0) is 49.9 Å². The van der Waals surface area contributed by atoms with Crippen LogP contribution >= 0.6 is 11.8 Å². The SMILES string of the molecule is Nc1ccc(C(=O)NC(=O)CCCCC(=O)NC(=O)CCCC[C@@H]2SC[C@@H]3NC(=O)N[C@@H]32)cc1. The van der Waals surface area contributed by atoms with Crippen LogP contribution in [0.3, 0.4) is 0 Å². The predicted octanol–water partition coefficient (Wildman–Crippen LogP) is 1.45. The first-order chi connectivity index (χ1) is 16.3. The average Bonchev–Trinajstić information content (AvgIpc) is 3.34. The standard InChI is InChI=1S/C23H31N5O5S/c24-15-11-9-14(10-12-15)22(32)27-20(31)8-4-3-7-19(30)26-18(29)6-2-1-5-17-21-16(13-34-17)25-23(33)28-21/h9-12,16-17,21H,1-8,13,24H2,(H2,25,28,33)(H,26,29,30)(H,27,31,32)/t16-,17-,21-/m0/s1. The first-order valence-corrected chi connectivity index (χ1v) is 12.6. The molecular weight excluding hydrogens is 458 g/mol. The topological polar surface area (TPSA) is 159 Å². The summed E-state index contributed by atoms with van der Waals surface area (Å²) < 4.78 is 0. The van der Waals surface area contributed by atoms with Crippen molar-refractivity contribution >= 4 is 47.1 Å². The summed E-state index contributed by atoms with van der Waals surface area (Å²) in [6.07, 6.45) is 3.83. The van der Waals surface area contributed by atoms with Gasteiger partial charge in [0.25, 0.3) is 5.91 Å². The second kappa shape index (κ2) is 12.4. The summed E-state index contributed by atoms with van der Waals surface area (Å²) in [7, 11) is 0. The van der Waals surface area contributed by atoms with Crippen molar-refractivity contribution in [2.75, 3.05) is 11.5 Å². The highest BCUT2D eigenvalue weighted by molar-refractivity contribution is 8.00. The molecule has 11 heteroatoms. The van der Waals surface area contributed by atoms with E-state index in [4.69, 9.17) is 5.73 Å². The molecule has 0 bridgehead atoms. The van der Waals surface area contributed by atoms with E-state index in [9.17, 15) is 24.0 Å². The Kier molecular flexibility index (Phi) is 9.32. The summed E-state index contributed by atoms with van der Waals surface area (Å²) in [5, 5.41) is 10.9. The van der Waals surface area contributed by atoms with Gasteiger partial charge in [-0.25, -0.2) is 4.79 Å². The van der Waals surface area contributed by atoms with E-state index in [-0.39, 0.29) is 49.2 Å². The van der Waals surface area contributed by atoms with Crippen LogP contribution in [0.2, 0.25) is 0 Å². The number of imide groups is 2. The molecule has 3 atom stereocenters. The minimum atomic E-state index is -0.496. The Bertz CT molecular complexity index is 923. The molecule has 2 heterocycles. The summed E-state index contributed by atoms with van der Waals surface area (Å²) >= 11 is 1.84. The second-order valence-corrected chi connectivity index (χ2v) is 9.82. The highest BCUT2D eigenvalue weighted by Gasteiger charge is 2.42. The molecule has 0 aliphatic carbocycles. The van der Waals surface area contributed by atoms with Gasteiger partial charge in [-0.3, -0.25) is 29.8 Å². The van der Waals surface area contributed by atoms with Gasteiger partial charge in [0.05, 0.1) is 12.1 Å². The Morgan fingerprint density at radius 3 is 2.12 bits per heavy atom. The fraction of sp³-hybridized carbons (Fsp3) is 0.522. The molecule has 184 valence electrons. The number of nitrogens with two attached hydrogens (primary N) is 1. The lowest BCUT2D eigenvalue weighted by molar-refractivity contribution is -0.130. The van der Waals surface area contributed by atoms with Crippen molar-refractivity contribution in [3.8, 4) is 0 Å². The monoisotopic (exact) mass is 489 g/mol. The molecule has 0 unspecified atom stereocenters. The second-order valence-electron chi connectivity index (χ2n) is 8.55. The number of amides is 6. The number of anilines is 1. The van der Waals surface area contributed by atoms with E-state index in [1.807, 2.05) is 11.8 Å². The third-order valence-electron chi connectivity index (χ3n) is 5.84. The van der Waals surface area contributed by atoms with E-state index in [0.717, 1.165) is 18.6 Å². The number of carbonyl (C=O) groups excluding carboxylic acids is 5. The van der Waals surface area contributed by atoms with E-state index >= 15 is 0 Å². The number of nitrogen functional groups attached to an aromatic ring is 1. The minimum Gasteiger partial charge on any atom is -0.399 e. The van der Waals surface area contributed by atoms with Gasteiger partial charge >= 0.3 is 6.03 Å². The van der Waals surface area contributed by atoms with Gasteiger partial charge < -0.3 is 16.4 Å². The number of carbonyl (C=O) groups is 5. The highest BCUT2D eigenvalue weighted by atomic mass is 32.2. The molecule has 2 fully saturated rings. The lowest BCUT2D eigenvalue weighted by atomic mass is 10.0. The van der Waals surface area contributed by atoms with Crippen molar-refractivity contribution in [3.63, 3.8) is 0 Å². The van der Waals surface area contributed by atoms with Crippen LogP contribution in [0.4, 0.5) is 10.5 Å². The van der Waals surface area contributed by atoms with E-state index in [2.05, 4.69) is 21.3 Å². The first kappa shape index (κ1) is 25.5. The molecule has 1 aromatic carbocycles. The Balaban J connectivity index is 1.20. The first-order valence-electron chi connectivity index (χ1n) is 11.5. The number of thioether (sulfide) groups is 1. The smallest absolute Gasteiger partial charge is 0.315 e. The number of unbranched alkanes of at least 4 members (excludes halogenated alkanes) is 2. The lowest BCUT2D eigenvalue weighted by Crippen LogP contribution is -2.36. The fourth-order valence-electron chi connectivity index (χ4n) is 4.02. The number of nitrogens with one attached hydrogen (secondary N) is 4. The summed E-state index contributed by atoms with van der Waals surface area (Å²) in [5.41, 5.74) is 6.44. The van der Waals surface area contributed by atoms with Gasteiger partial charge in [-0.1, -0.05) is 6.42 Å². The molecule has 2 saturated heterocycles. The minimum absolute atomic E-state index is 0.106. The van der Waals surface area contributed by atoms with E-state index in [0.29, 0.717) is 35.8 Å². The van der Waals surface area contributed by atoms with Crippen LogP contribution in [-0.4, -0.2) is 52.7 Å². The van der Waals surface area contributed by atoms with Crippen LogP contribution < -0.4 is 27.0 Å². The zero-order valence-electron chi connectivity index (χ0n) is 18.9. The Hall–Kier alpha value is -3.08. The largest absolute Gasteiger partial charge is 0.399 e. The zero-order chi connectivity index (χ0) is 24.5. The number of fused-ring (bicyclic) bond motifs is 1. The summed E-state index contributed by atoms with van der Waals surface area (Å²) in [6.45, 7) is 0. The van der Waals surface area contributed by atoms with Crippen molar-refractivity contribution in [3.05, 3.63) is 29.8 Å². The molecule has 2 aliphatic heterocycles. The molecule has 0 radical (unpaired) electrons. The number of hydrogen-bond acceptors (Lipinski definition) is 7. The van der Waals surface area contributed by atoms with Gasteiger partial charge in [0.1, 0.15) is 0 Å². The van der Waals surface area contributed by atoms with E-state index in [1.54, 1.807) is 12.1 Å². The van der Waals surface area contributed by atoms with Crippen LogP contribution in [-0.2, 0) is 14.4 Å². The van der Waals surface area contributed by atoms with Crippen molar-refractivity contribution in [2.24, 2.45) is 0 Å². The van der Waals surface area contributed by atoms with E-state index in [1.165, 1.54) is 12.1 Å². The average molecular weight is 490 g/mol. The van der Waals surface area contributed by atoms with Gasteiger partial charge in [0.15, 0.2) is 0 Å². The maximum Gasteiger partial charge on any atom is 0.315 e. The van der Waals surface area contributed by atoms with Crippen molar-refractivity contribution < 1.29 is 24.0 Å². The number of benzene rings is 1. The van der Waals surface area contributed by atoms with Gasteiger partial charge in [-0.2, -0.15) is 11.8 Å². The Labute approximate surface area is 202 Å². The maximum atomic E-state index is 12.0. The van der Waals surface area contributed by atoms with Crippen LogP contribution in [0.25, 0.3) is 0 Å². The third-order valence-corrected chi connectivity index (χ3v) is 7.35. The summed E-state index contributed by atoms with van der Waals surface area (Å²) in [4.78, 5) is 59.2. The molecule has 0 saturated carbocycles. The zero-order valence-corrected chi connectivity index (χ0v) is 19.7. The highest BCUT2D eigenvalue weighted by Crippen LogP contribution is 2.33.